The summed E-state index contributed by atoms with van der Waals surface area (Å²) in [5, 5.41) is 9.14. The van der Waals surface area contributed by atoms with E-state index in [4.69, 9.17) is 14.4 Å². The third-order valence-corrected chi connectivity index (χ3v) is 10.7. The zero-order valence-electron chi connectivity index (χ0n) is 27.2. The van der Waals surface area contributed by atoms with Gasteiger partial charge in [-0.05, 0) is 41.5 Å². The van der Waals surface area contributed by atoms with Gasteiger partial charge in [0.25, 0.3) is 0 Å². The Kier molecular flexibility index (Phi) is 5.17. The van der Waals surface area contributed by atoms with Crippen molar-refractivity contribution in [3.63, 3.8) is 0 Å². The van der Waals surface area contributed by atoms with E-state index < -0.39 is 0 Å². The van der Waals surface area contributed by atoms with Crippen LogP contribution in [-0.4, -0.2) is 18.9 Å². The molecule has 0 aliphatic rings. The molecule has 0 saturated heterocycles. The Labute approximate surface area is 290 Å². The van der Waals surface area contributed by atoms with Crippen LogP contribution in [0.4, 0.5) is 0 Å². The summed E-state index contributed by atoms with van der Waals surface area (Å²) in [4.78, 5) is 10.7. The highest BCUT2D eigenvalue weighted by molar-refractivity contribution is 6.34. The van der Waals surface area contributed by atoms with E-state index in [2.05, 4.69) is 142 Å². The Hall–Kier alpha value is -6.98. The van der Waals surface area contributed by atoms with Crippen molar-refractivity contribution < 1.29 is 4.42 Å². The summed E-state index contributed by atoms with van der Waals surface area (Å²) in [6.45, 7) is 0. The van der Waals surface area contributed by atoms with Crippen LogP contribution in [0.1, 0.15) is 0 Å². The molecule has 0 fully saturated rings. The number of para-hydroxylation sites is 3. The molecule has 7 aromatic carbocycles. The van der Waals surface area contributed by atoms with Gasteiger partial charge in [-0.25, -0.2) is 4.98 Å². The fourth-order valence-electron chi connectivity index (χ4n) is 8.54. The average Bonchev–Trinajstić information content (AvgIpc) is 3.93. The van der Waals surface area contributed by atoms with Crippen molar-refractivity contribution in [3.05, 3.63) is 158 Å². The van der Waals surface area contributed by atoms with Crippen molar-refractivity contribution in [2.45, 2.75) is 0 Å². The molecular weight excluding hydrogens is 625 g/mol. The van der Waals surface area contributed by atoms with Gasteiger partial charge in [-0.2, -0.15) is 4.98 Å². The molecule has 0 unspecified atom stereocenters. The highest BCUT2D eigenvalue weighted by Crippen LogP contribution is 2.47. The molecule has 0 spiro atoms. The van der Waals surface area contributed by atoms with Crippen molar-refractivity contribution in [1.82, 2.24) is 18.9 Å². The Morgan fingerprint density at radius 1 is 0.412 bits per heavy atom. The lowest BCUT2D eigenvalue weighted by Crippen LogP contribution is -2.03. The molecule has 12 aromatic rings. The second-order valence-corrected chi connectivity index (χ2v) is 13.4. The molecule has 51 heavy (non-hydrogen) atoms. The van der Waals surface area contributed by atoms with Gasteiger partial charge in [0.15, 0.2) is 0 Å². The zero-order valence-corrected chi connectivity index (χ0v) is 27.2. The second-order valence-electron chi connectivity index (χ2n) is 13.4. The average molecular weight is 651 g/mol. The van der Waals surface area contributed by atoms with E-state index in [1.807, 2.05) is 24.3 Å². The number of furan rings is 1. The van der Waals surface area contributed by atoms with Crippen LogP contribution >= 0.6 is 0 Å². The smallest absolute Gasteiger partial charge is 0.238 e. The summed E-state index contributed by atoms with van der Waals surface area (Å²) in [5.74, 6) is 0.584. The normalized spacial score (nSPS) is 12.3. The molecule has 236 valence electrons. The van der Waals surface area contributed by atoms with Crippen LogP contribution in [0, 0.1) is 0 Å². The van der Waals surface area contributed by atoms with Crippen molar-refractivity contribution in [2.24, 2.45) is 0 Å². The summed E-state index contributed by atoms with van der Waals surface area (Å²) in [5.41, 5.74) is 11.4. The minimum Gasteiger partial charge on any atom is -0.437 e. The molecule has 0 amide bonds. The van der Waals surface area contributed by atoms with E-state index in [-0.39, 0.29) is 0 Å². The Morgan fingerprint density at radius 3 is 1.88 bits per heavy atom. The highest BCUT2D eigenvalue weighted by atomic mass is 16.3. The minimum atomic E-state index is 0.575. The lowest BCUT2D eigenvalue weighted by atomic mass is 10.0. The van der Waals surface area contributed by atoms with Crippen molar-refractivity contribution >= 4 is 82.0 Å². The SMILES string of the molecule is c1ccc(-c2ccc3c4cc5c6ccccc6n(-c6nc(-c7ccccc7)c7c(n6)oc6ccccc67)c5c5c6ccccc6n(c3c2)c45)cc1. The van der Waals surface area contributed by atoms with Gasteiger partial charge < -0.3 is 8.82 Å². The van der Waals surface area contributed by atoms with E-state index in [9.17, 15) is 0 Å². The summed E-state index contributed by atoms with van der Waals surface area (Å²) in [6, 6.07) is 55.8. The lowest BCUT2D eigenvalue weighted by Gasteiger charge is -2.10. The van der Waals surface area contributed by atoms with Gasteiger partial charge >= 0.3 is 0 Å². The second kappa shape index (κ2) is 9.80. The number of nitrogens with zero attached hydrogens (tertiary/aromatic N) is 4. The zero-order chi connectivity index (χ0) is 33.2. The molecule has 0 atom stereocenters. The number of fused-ring (bicyclic) bond motifs is 13. The first-order chi connectivity index (χ1) is 25.3. The molecule has 5 nitrogen and oxygen atoms in total. The van der Waals surface area contributed by atoms with Crippen LogP contribution in [0.3, 0.4) is 0 Å². The maximum absolute atomic E-state index is 6.49. The van der Waals surface area contributed by atoms with Crippen molar-refractivity contribution in [2.75, 3.05) is 0 Å². The Morgan fingerprint density at radius 2 is 1.06 bits per heavy atom. The van der Waals surface area contributed by atoms with Gasteiger partial charge in [0, 0.05) is 43.3 Å². The van der Waals surface area contributed by atoms with E-state index >= 15 is 0 Å². The van der Waals surface area contributed by atoms with Gasteiger partial charge in [0.05, 0.1) is 38.7 Å². The van der Waals surface area contributed by atoms with Crippen LogP contribution in [0.2, 0.25) is 0 Å². The van der Waals surface area contributed by atoms with Gasteiger partial charge in [-0.3, -0.25) is 4.57 Å². The monoisotopic (exact) mass is 650 g/mol. The third-order valence-electron chi connectivity index (χ3n) is 10.7. The fourth-order valence-corrected chi connectivity index (χ4v) is 8.54. The van der Waals surface area contributed by atoms with Crippen LogP contribution < -0.4 is 0 Å². The largest absolute Gasteiger partial charge is 0.437 e. The fraction of sp³-hybridized carbons (Fsp3) is 0. The van der Waals surface area contributed by atoms with E-state index in [0.29, 0.717) is 11.7 Å². The summed E-state index contributed by atoms with van der Waals surface area (Å²) >= 11 is 0. The van der Waals surface area contributed by atoms with E-state index in [1.54, 1.807) is 0 Å². The van der Waals surface area contributed by atoms with Gasteiger partial charge in [-0.1, -0.05) is 127 Å². The third kappa shape index (κ3) is 3.54. The van der Waals surface area contributed by atoms with Crippen molar-refractivity contribution in [1.29, 1.82) is 0 Å². The predicted molar refractivity (Wildman–Crippen MR) is 209 cm³/mol. The molecular formula is C46H26N4O. The standard InChI is InChI=1S/C46H26N4O/c1-3-13-27(14-4-1)29-23-24-31-35-26-34-30-17-7-10-20-36(30)50(44(34)41-32-18-8-11-21-37(32)49(43(35)41)38(31)25-29)46-47-42(28-15-5-2-6-16-28)40-33-19-9-12-22-39(33)51-45(40)48-46/h1-26H. The lowest BCUT2D eigenvalue weighted by molar-refractivity contribution is 0.651. The van der Waals surface area contributed by atoms with Crippen LogP contribution in [-0.2, 0) is 0 Å². The number of aromatic nitrogens is 4. The van der Waals surface area contributed by atoms with E-state index in [0.717, 1.165) is 44.0 Å². The topological polar surface area (TPSA) is 48.3 Å². The molecule has 12 rings (SSSR count). The van der Waals surface area contributed by atoms with Crippen LogP contribution in [0.25, 0.3) is 110 Å². The first-order valence-electron chi connectivity index (χ1n) is 17.3. The molecule has 0 aliphatic heterocycles. The van der Waals surface area contributed by atoms with Crippen molar-refractivity contribution in [3.8, 4) is 28.3 Å². The van der Waals surface area contributed by atoms with Gasteiger partial charge in [0.2, 0.25) is 11.7 Å². The van der Waals surface area contributed by atoms with Crippen LogP contribution in [0.15, 0.2) is 162 Å². The molecule has 5 aromatic heterocycles. The van der Waals surface area contributed by atoms with Gasteiger partial charge in [0.1, 0.15) is 5.58 Å². The molecule has 5 heterocycles. The first-order valence-corrected chi connectivity index (χ1v) is 17.3. The maximum Gasteiger partial charge on any atom is 0.238 e. The van der Waals surface area contributed by atoms with Gasteiger partial charge in [-0.15, -0.1) is 0 Å². The minimum absolute atomic E-state index is 0.575. The summed E-state index contributed by atoms with van der Waals surface area (Å²) < 4.78 is 11.2. The molecule has 5 heteroatoms. The quantitative estimate of drug-likeness (QED) is 0.191. The summed E-state index contributed by atoms with van der Waals surface area (Å²) in [6.07, 6.45) is 0. The number of benzene rings is 7. The first kappa shape index (κ1) is 26.9. The molecule has 0 saturated carbocycles. The molecule has 0 N–H and O–H groups in total. The van der Waals surface area contributed by atoms with Crippen LogP contribution in [0.5, 0.6) is 0 Å². The Balaban J connectivity index is 1.27. The molecule has 0 radical (unpaired) electrons. The number of rotatable bonds is 3. The Bertz CT molecular complexity index is 3350. The maximum atomic E-state index is 6.49. The van der Waals surface area contributed by atoms with E-state index in [1.165, 1.54) is 54.6 Å². The molecule has 0 bridgehead atoms. The summed E-state index contributed by atoms with van der Waals surface area (Å²) in [7, 11) is 0. The highest BCUT2D eigenvalue weighted by Gasteiger charge is 2.26. The molecule has 0 aliphatic carbocycles. The number of hydrogen-bond donors (Lipinski definition) is 0. The predicted octanol–water partition coefficient (Wildman–Crippen LogP) is 12.0. The number of hydrogen-bond acceptors (Lipinski definition) is 3.